The Morgan fingerprint density at radius 3 is 1.84 bits per heavy atom. The van der Waals surface area contributed by atoms with Crippen LogP contribution in [0.2, 0.25) is 0 Å². The summed E-state index contributed by atoms with van der Waals surface area (Å²) in [5, 5.41) is 0. The molecule has 0 radical (unpaired) electrons. The van der Waals surface area contributed by atoms with Crippen molar-refractivity contribution >= 4 is 0 Å². The summed E-state index contributed by atoms with van der Waals surface area (Å²) < 4.78 is 0. The molecule has 0 aliphatic carbocycles. The molecule has 0 heteroatoms. The van der Waals surface area contributed by atoms with E-state index in [1.165, 1.54) is 5.56 Å². The molecular weight excluding hydrogens is 228 g/mol. The van der Waals surface area contributed by atoms with Crippen LogP contribution in [0.25, 0.3) is 0 Å². The van der Waals surface area contributed by atoms with Gasteiger partial charge in [-0.3, -0.25) is 0 Å². The standard InChI is InChI=1S/C19H27/c1-5-19(4,16-15-17(2)3)18-13-11-9-7-6-8-10-12-14-18/h6-14,16-17H,5,15H2,1-4H3/q-1. The van der Waals surface area contributed by atoms with Gasteiger partial charge in [-0.1, -0.05) is 100 Å². The third kappa shape index (κ3) is 5.46. The highest BCUT2D eigenvalue weighted by molar-refractivity contribution is 5.26. The fraction of sp³-hybridized carbons (Fsp3) is 0.421. The Balaban J connectivity index is 3.09. The van der Waals surface area contributed by atoms with Crippen LogP contribution in [0.15, 0.2) is 54.6 Å². The topological polar surface area (TPSA) is 0 Å². The molecule has 0 aliphatic heterocycles. The molecule has 1 aromatic rings. The van der Waals surface area contributed by atoms with Gasteiger partial charge in [-0.15, -0.1) is 5.41 Å². The summed E-state index contributed by atoms with van der Waals surface area (Å²) in [6, 6.07) is 19.1. The van der Waals surface area contributed by atoms with Crippen LogP contribution in [0.3, 0.4) is 0 Å². The molecule has 0 heterocycles. The van der Waals surface area contributed by atoms with Gasteiger partial charge in [0.25, 0.3) is 0 Å². The minimum atomic E-state index is 0.155. The average molecular weight is 255 g/mol. The van der Waals surface area contributed by atoms with Gasteiger partial charge in [0.05, 0.1) is 0 Å². The molecule has 19 heavy (non-hydrogen) atoms. The largest absolute Gasteiger partial charge is 0.318 e. The van der Waals surface area contributed by atoms with Crippen molar-refractivity contribution in [2.45, 2.75) is 46.0 Å². The van der Waals surface area contributed by atoms with E-state index in [0.717, 1.165) is 12.8 Å². The molecule has 1 rings (SSSR count). The van der Waals surface area contributed by atoms with E-state index in [-0.39, 0.29) is 5.41 Å². The molecule has 104 valence electrons. The van der Waals surface area contributed by atoms with Crippen molar-refractivity contribution in [3.63, 3.8) is 0 Å². The lowest BCUT2D eigenvalue weighted by Crippen LogP contribution is -2.22. The summed E-state index contributed by atoms with van der Waals surface area (Å²) in [5.41, 5.74) is 1.54. The zero-order chi connectivity index (χ0) is 14.1. The minimum Gasteiger partial charge on any atom is -0.318 e. The Bertz CT molecular complexity index is 393. The second-order valence-corrected chi connectivity index (χ2v) is 5.74. The monoisotopic (exact) mass is 255 g/mol. The third-order valence-corrected chi connectivity index (χ3v) is 3.65. The van der Waals surface area contributed by atoms with E-state index in [0.29, 0.717) is 5.92 Å². The van der Waals surface area contributed by atoms with Crippen molar-refractivity contribution in [3.8, 4) is 0 Å². The summed E-state index contributed by atoms with van der Waals surface area (Å²) in [6.45, 7) is 9.16. The Morgan fingerprint density at radius 1 is 0.947 bits per heavy atom. The molecule has 1 aromatic carbocycles. The summed E-state index contributed by atoms with van der Waals surface area (Å²) in [5.74, 6) is 0.716. The van der Waals surface area contributed by atoms with Crippen LogP contribution < -0.4 is 0 Å². The summed E-state index contributed by atoms with van der Waals surface area (Å²) in [7, 11) is 0. The average Bonchev–Trinajstić information content (AvgIpc) is 2.42. The highest BCUT2D eigenvalue weighted by atomic mass is 14.3. The summed E-state index contributed by atoms with van der Waals surface area (Å²) in [6.07, 6.45) is 4.77. The highest BCUT2D eigenvalue weighted by Crippen LogP contribution is 2.32. The Hall–Kier alpha value is -1.30. The molecule has 0 aliphatic rings. The first-order valence-electron chi connectivity index (χ1n) is 7.31. The maximum Gasteiger partial charge on any atom is -0.0611 e. The van der Waals surface area contributed by atoms with E-state index in [9.17, 15) is 0 Å². The van der Waals surface area contributed by atoms with Crippen LogP contribution in [-0.4, -0.2) is 0 Å². The van der Waals surface area contributed by atoms with Crippen molar-refractivity contribution < 1.29 is 0 Å². The SMILES string of the molecule is CCC(C)([CH-]CC(C)C)c1ccccccccc1. The van der Waals surface area contributed by atoms with Crippen molar-refractivity contribution in [3.05, 3.63) is 66.6 Å². The lowest BCUT2D eigenvalue weighted by molar-refractivity contribution is 0.474. The van der Waals surface area contributed by atoms with Crippen molar-refractivity contribution in [1.29, 1.82) is 0 Å². The lowest BCUT2D eigenvalue weighted by Gasteiger charge is -2.40. The van der Waals surface area contributed by atoms with Crippen LogP contribution in [-0.2, 0) is 5.41 Å². The van der Waals surface area contributed by atoms with Gasteiger partial charge in [0.2, 0.25) is 0 Å². The second-order valence-electron chi connectivity index (χ2n) is 5.74. The van der Waals surface area contributed by atoms with Crippen LogP contribution >= 0.6 is 0 Å². The quantitative estimate of drug-likeness (QED) is 0.589. The molecule has 0 bridgehead atoms. The Morgan fingerprint density at radius 2 is 1.42 bits per heavy atom. The molecule has 0 aromatic heterocycles. The van der Waals surface area contributed by atoms with Crippen LogP contribution in [0.5, 0.6) is 0 Å². The predicted octanol–water partition coefficient (Wildman–Crippen LogP) is 5.73. The summed E-state index contributed by atoms with van der Waals surface area (Å²) in [4.78, 5) is 0. The van der Waals surface area contributed by atoms with E-state index in [1.54, 1.807) is 0 Å². The van der Waals surface area contributed by atoms with Gasteiger partial charge in [-0.2, -0.15) is 6.42 Å². The molecule has 0 fully saturated rings. The Labute approximate surface area is 119 Å². The second kappa shape index (κ2) is 7.99. The Kier molecular flexibility index (Phi) is 6.62. The number of rotatable bonds is 5. The van der Waals surface area contributed by atoms with Gasteiger partial charge >= 0.3 is 0 Å². The van der Waals surface area contributed by atoms with Gasteiger partial charge in [0.1, 0.15) is 0 Å². The number of hydrogen-bond donors (Lipinski definition) is 0. The van der Waals surface area contributed by atoms with Gasteiger partial charge in [0, 0.05) is 0 Å². The molecule has 0 nitrogen and oxygen atoms in total. The van der Waals surface area contributed by atoms with E-state index < -0.39 is 0 Å². The predicted molar refractivity (Wildman–Crippen MR) is 85.5 cm³/mol. The van der Waals surface area contributed by atoms with Crippen LogP contribution in [0.4, 0.5) is 0 Å². The van der Waals surface area contributed by atoms with E-state index >= 15 is 0 Å². The van der Waals surface area contributed by atoms with E-state index in [4.69, 9.17) is 0 Å². The highest BCUT2D eigenvalue weighted by Gasteiger charge is 2.14. The first kappa shape index (κ1) is 15.8. The molecule has 1 atom stereocenters. The molecule has 0 amide bonds. The smallest absolute Gasteiger partial charge is 0.0611 e. The van der Waals surface area contributed by atoms with Gasteiger partial charge in [-0.05, 0) is 0 Å². The normalized spacial score (nSPS) is 13.7. The van der Waals surface area contributed by atoms with E-state index in [1.807, 2.05) is 6.07 Å². The number of hydrogen-bond acceptors (Lipinski definition) is 0. The molecule has 0 N–H and O–H groups in total. The maximum atomic E-state index is 2.48. The molecule has 1 unspecified atom stereocenters. The van der Waals surface area contributed by atoms with Gasteiger partial charge in [-0.25, -0.2) is 0 Å². The maximum absolute atomic E-state index is 2.48. The minimum absolute atomic E-state index is 0.155. The van der Waals surface area contributed by atoms with Crippen molar-refractivity contribution in [2.75, 3.05) is 0 Å². The molecule has 0 saturated heterocycles. The molecular formula is C19H27-. The zero-order valence-corrected chi connectivity index (χ0v) is 12.8. The summed E-state index contributed by atoms with van der Waals surface area (Å²) >= 11 is 0. The van der Waals surface area contributed by atoms with Crippen molar-refractivity contribution in [2.24, 2.45) is 5.92 Å². The fourth-order valence-corrected chi connectivity index (χ4v) is 2.04. The van der Waals surface area contributed by atoms with Gasteiger partial charge in [0.15, 0.2) is 0 Å². The molecule has 0 saturated carbocycles. The van der Waals surface area contributed by atoms with E-state index in [2.05, 4.69) is 82.6 Å². The van der Waals surface area contributed by atoms with Crippen LogP contribution in [0.1, 0.15) is 46.1 Å². The zero-order valence-electron chi connectivity index (χ0n) is 12.8. The molecule has 0 spiro atoms. The lowest BCUT2D eigenvalue weighted by atomic mass is 9.75. The van der Waals surface area contributed by atoms with Gasteiger partial charge < -0.3 is 6.42 Å². The van der Waals surface area contributed by atoms with Crippen LogP contribution in [0, 0.1) is 12.3 Å². The first-order valence-corrected chi connectivity index (χ1v) is 7.31. The third-order valence-electron chi connectivity index (χ3n) is 3.65. The first-order chi connectivity index (χ1) is 9.08. The fourth-order valence-electron chi connectivity index (χ4n) is 2.04. The van der Waals surface area contributed by atoms with Crippen molar-refractivity contribution in [1.82, 2.24) is 0 Å².